The molecule has 3 fully saturated rings. The Bertz CT molecular complexity index is 2870. The van der Waals surface area contributed by atoms with E-state index in [9.17, 15) is 27.6 Å². The zero-order chi connectivity index (χ0) is 55.7. The zero-order valence-corrected chi connectivity index (χ0v) is 47.1. The van der Waals surface area contributed by atoms with Gasteiger partial charge in [-0.05, 0) is 82.3 Å². The molecule has 1 unspecified atom stereocenters. The maximum Gasteiger partial charge on any atom is 0.406 e. The molecular weight excluding hydrogens is 1040 g/mol. The molecule has 0 aliphatic carbocycles. The fourth-order valence-corrected chi connectivity index (χ4v) is 12.7. The number of cyclic esters (lactones) is 1. The Morgan fingerprint density at radius 1 is 1.09 bits per heavy atom. The smallest absolute Gasteiger partial charge is 0.406 e. The molecule has 4 aliphatic rings. The van der Waals surface area contributed by atoms with E-state index in [1.807, 2.05) is 58.1 Å². The Kier molecular flexibility index (Phi) is 17.5. The average Bonchev–Trinajstić information content (AvgIpc) is 4.18. The van der Waals surface area contributed by atoms with Gasteiger partial charge in [0, 0.05) is 91.9 Å². The van der Waals surface area contributed by atoms with Crippen molar-refractivity contribution in [2.24, 2.45) is 11.3 Å². The van der Waals surface area contributed by atoms with Gasteiger partial charge >= 0.3 is 18.2 Å². The maximum absolute atomic E-state index is 15.3. The van der Waals surface area contributed by atoms with E-state index in [1.165, 1.54) is 32.9 Å². The third kappa shape index (κ3) is 12.5. The van der Waals surface area contributed by atoms with Gasteiger partial charge in [-0.25, -0.2) is 15.2 Å². The molecule has 3 saturated heterocycles. The van der Waals surface area contributed by atoms with Crippen LogP contribution in [0, 0.1) is 11.3 Å². The van der Waals surface area contributed by atoms with Gasteiger partial charge in [0.05, 0.1) is 60.1 Å². The number of carbonyl (C=O) groups excluding carboxylic acids is 5. The van der Waals surface area contributed by atoms with Crippen LogP contribution in [0.3, 0.4) is 0 Å². The second-order valence-electron chi connectivity index (χ2n) is 21.8. The summed E-state index contributed by atoms with van der Waals surface area (Å²) in [6, 6.07) is 5.78. The summed E-state index contributed by atoms with van der Waals surface area (Å²) in [5, 5.41) is 7.27. The van der Waals surface area contributed by atoms with Crippen LogP contribution in [0.1, 0.15) is 69.8 Å². The number of hydrazine groups is 1. The number of thiazole rings is 1. The Labute approximate surface area is 456 Å². The first kappa shape index (κ1) is 57.6. The third-order valence-electron chi connectivity index (χ3n) is 14.8. The van der Waals surface area contributed by atoms with E-state index in [0.29, 0.717) is 82.2 Å². The van der Waals surface area contributed by atoms with E-state index in [2.05, 4.69) is 15.7 Å². The summed E-state index contributed by atoms with van der Waals surface area (Å²) in [4.78, 5) is 86.9. The number of halogens is 3. The van der Waals surface area contributed by atoms with Crippen molar-refractivity contribution < 1.29 is 51.4 Å². The van der Waals surface area contributed by atoms with E-state index in [1.54, 1.807) is 72.6 Å². The number of likely N-dealkylation sites (tertiary alicyclic amines) is 1. The number of pyridine rings is 1. The number of alkyl halides is 3. The number of likely N-dealkylation sites (N-methyl/N-ethyl adjacent to an activating group) is 2. The van der Waals surface area contributed by atoms with Crippen LogP contribution in [0.5, 0.6) is 0 Å². The molecule has 1 aromatic carbocycles. The standard InChI is InChI=1S/C54H71F3N10O8S2/c1-32(2)46(63(8)51(72)64-27-41-42(28-64)74-23-22-65(41)44(68)16-13-20-62(6)7)48(69)60-53(76-10)26-43-59-39(29-77-43)34-17-18-40-36(24-34)37(25-52(4,5)31-75-49(70)38-15-12-21-67(61-38)50(53)71)47(66(40)30-54(55,56)57)35-14-11-19-58-45(35)33(3)73-9/h11,13-14,16-19,24,29,32-33,38,41-42,46,61H,12,15,20-23,25-28,30-31H2,1-10H3,(H,60,69)/b16-13+/t33-,38-,41+,42-,46?,53+/m0/s1. The number of urea groups is 1. The number of fused-ring (bicyclic) bond motifs is 7. The lowest BCUT2D eigenvalue weighted by molar-refractivity contribution is -0.156. The van der Waals surface area contributed by atoms with Crippen molar-refractivity contribution in [3.63, 3.8) is 0 Å². The van der Waals surface area contributed by atoms with Crippen molar-refractivity contribution in [3.05, 3.63) is 70.3 Å². The maximum atomic E-state index is 15.3. The molecule has 23 heteroatoms. The Morgan fingerprint density at radius 3 is 2.56 bits per heavy atom. The van der Waals surface area contributed by atoms with Gasteiger partial charge in [-0.1, -0.05) is 39.8 Å². The topological polar surface area (TPSA) is 184 Å². The molecule has 8 rings (SSSR count). The molecular formula is C54H71F3N10O8S2. The molecule has 0 saturated carbocycles. The van der Waals surface area contributed by atoms with Gasteiger partial charge in [-0.15, -0.1) is 23.1 Å². The van der Waals surface area contributed by atoms with Crippen LogP contribution in [0.25, 0.3) is 33.4 Å². The van der Waals surface area contributed by atoms with Crippen LogP contribution in [0.2, 0.25) is 0 Å². The quantitative estimate of drug-likeness (QED) is 0.0887. The second-order valence-corrected chi connectivity index (χ2v) is 23.8. The minimum Gasteiger partial charge on any atom is -0.464 e. The molecule has 7 heterocycles. The molecule has 6 bridgehead atoms. The van der Waals surface area contributed by atoms with Crippen LogP contribution in [-0.2, 0) is 52.8 Å². The van der Waals surface area contributed by atoms with Crippen LogP contribution < -0.4 is 10.7 Å². The molecule has 0 radical (unpaired) electrons. The van der Waals surface area contributed by atoms with Crippen molar-refractivity contribution in [2.45, 2.75) is 108 Å². The highest BCUT2D eigenvalue weighted by atomic mass is 32.2. The summed E-state index contributed by atoms with van der Waals surface area (Å²) >= 11 is 2.35. The zero-order valence-electron chi connectivity index (χ0n) is 45.4. The molecule has 4 aromatic rings. The molecule has 0 spiro atoms. The predicted octanol–water partition coefficient (Wildman–Crippen LogP) is 6.54. The van der Waals surface area contributed by atoms with Gasteiger partial charge in [0.15, 0.2) is 4.87 Å². The van der Waals surface area contributed by atoms with Gasteiger partial charge in [-0.3, -0.25) is 29.2 Å². The number of amides is 5. The summed E-state index contributed by atoms with van der Waals surface area (Å²) in [5.74, 6) is -2.37. The van der Waals surface area contributed by atoms with E-state index >= 15 is 9.59 Å². The van der Waals surface area contributed by atoms with Gasteiger partial charge in [0.25, 0.3) is 5.91 Å². The summed E-state index contributed by atoms with van der Waals surface area (Å²) in [7, 11) is 6.88. The lowest BCUT2D eigenvalue weighted by Crippen LogP contribution is -2.67. The fraction of sp³-hybridized carbons (Fsp3) is 0.574. The van der Waals surface area contributed by atoms with Crippen molar-refractivity contribution in [1.29, 1.82) is 0 Å². The van der Waals surface area contributed by atoms with Crippen LogP contribution >= 0.6 is 23.1 Å². The highest BCUT2D eigenvalue weighted by Gasteiger charge is 2.49. The summed E-state index contributed by atoms with van der Waals surface area (Å²) in [5.41, 5.74) is 5.55. The van der Waals surface area contributed by atoms with Gasteiger partial charge in [-0.2, -0.15) is 13.2 Å². The monoisotopic (exact) mass is 1110 g/mol. The summed E-state index contributed by atoms with van der Waals surface area (Å²) in [6.07, 6.45) is 1.85. The largest absolute Gasteiger partial charge is 0.464 e. The summed E-state index contributed by atoms with van der Waals surface area (Å²) < 4.78 is 63.4. The van der Waals surface area contributed by atoms with Crippen LogP contribution in [-0.4, -0.2) is 185 Å². The van der Waals surface area contributed by atoms with Gasteiger partial charge < -0.3 is 43.7 Å². The number of methoxy groups -OCH3 is 1. The number of ether oxygens (including phenoxy) is 3. The van der Waals surface area contributed by atoms with Gasteiger partial charge in [0.1, 0.15) is 18.6 Å². The van der Waals surface area contributed by atoms with E-state index in [4.69, 9.17) is 19.2 Å². The second kappa shape index (κ2) is 23.4. The molecule has 77 heavy (non-hydrogen) atoms. The normalized spacial score (nSPS) is 23.1. The van der Waals surface area contributed by atoms with Crippen molar-refractivity contribution >= 4 is 63.7 Å². The van der Waals surface area contributed by atoms with Crippen LogP contribution in [0.4, 0.5) is 18.0 Å². The van der Waals surface area contributed by atoms with Crippen molar-refractivity contribution in [2.75, 3.05) is 80.4 Å². The molecule has 4 aliphatic heterocycles. The Balaban J connectivity index is 1.16. The van der Waals surface area contributed by atoms with Gasteiger partial charge in [0.2, 0.25) is 11.8 Å². The van der Waals surface area contributed by atoms with E-state index < -0.39 is 77.0 Å². The minimum atomic E-state index is -4.61. The van der Waals surface area contributed by atoms with Crippen LogP contribution in [0.15, 0.2) is 54.1 Å². The first-order chi connectivity index (χ1) is 36.4. The Morgan fingerprint density at radius 2 is 1.86 bits per heavy atom. The third-order valence-corrected chi connectivity index (χ3v) is 16.8. The number of nitrogens with one attached hydrogen (secondary N) is 2. The first-order valence-corrected chi connectivity index (χ1v) is 28.1. The summed E-state index contributed by atoms with van der Waals surface area (Å²) in [6.45, 7) is 9.66. The molecule has 6 atom stereocenters. The van der Waals surface area contributed by atoms with Crippen molar-refractivity contribution in [3.8, 4) is 22.5 Å². The van der Waals surface area contributed by atoms with E-state index in [-0.39, 0.29) is 51.0 Å². The molecule has 418 valence electrons. The highest BCUT2D eigenvalue weighted by Crippen LogP contribution is 2.43. The first-order valence-electron chi connectivity index (χ1n) is 26.0. The number of thioether (sulfide) groups is 1. The molecule has 2 N–H and O–H groups in total. The SMILES string of the molecule is CO[C@@H](C)c1ncccc1-c1c2c3cc(ccc3n1CC(F)(F)F)-c1csc(n1)C[C@@](NC(=O)C(C(C)C)N(C)C(=O)N1C[C@@H]3OCCN(C(=O)/C=C/CN(C)C)[C@@H]3C1)(SC)C(=O)N1CCC[C@H](N1)C(=O)OCC(C)(C)C2. The molecule has 5 amide bonds. The molecule has 18 nitrogen and oxygen atoms in total. The predicted molar refractivity (Wildman–Crippen MR) is 288 cm³/mol. The number of rotatable bonds is 12. The molecule has 3 aromatic heterocycles. The number of carbonyl (C=O) groups is 5. The number of nitrogens with zero attached hydrogens (tertiary/aromatic N) is 8. The lowest BCUT2D eigenvalue weighted by Gasteiger charge is -2.41. The lowest BCUT2D eigenvalue weighted by atomic mass is 9.84. The highest BCUT2D eigenvalue weighted by molar-refractivity contribution is 8.00. The average molecular weight is 1110 g/mol. The number of hydrogen-bond acceptors (Lipinski definition) is 14. The van der Waals surface area contributed by atoms with E-state index in [0.717, 1.165) is 11.8 Å². The number of hydrogen-bond donors (Lipinski definition) is 2. The van der Waals surface area contributed by atoms with Crippen molar-refractivity contribution in [1.82, 2.24) is 49.9 Å². The number of benzene rings is 1. The number of aromatic nitrogens is 3. The number of esters is 1. The number of morpholine rings is 1. The fourth-order valence-electron chi connectivity index (χ4n) is 10.9. The minimum absolute atomic E-state index is 0.114. The Hall–Kier alpha value is -5.59.